The van der Waals surface area contributed by atoms with Crippen molar-refractivity contribution in [1.29, 1.82) is 0 Å². The molecule has 0 unspecified atom stereocenters. The van der Waals surface area contributed by atoms with E-state index in [1.54, 1.807) is 6.20 Å². The fourth-order valence-electron chi connectivity index (χ4n) is 4.15. The molecule has 2 aromatic carbocycles. The summed E-state index contributed by atoms with van der Waals surface area (Å²) in [6, 6.07) is 16.5. The molecule has 0 spiro atoms. The lowest BCUT2D eigenvalue weighted by Gasteiger charge is -2.24. The van der Waals surface area contributed by atoms with E-state index >= 15 is 0 Å². The van der Waals surface area contributed by atoms with Crippen LogP contribution < -0.4 is 10.9 Å². The van der Waals surface area contributed by atoms with Crippen LogP contribution in [0.15, 0.2) is 63.9 Å². The maximum absolute atomic E-state index is 12.3. The molecule has 0 radical (unpaired) electrons. The predicted octanol–water partition coefficient (Wildman–Crippen LogP) is 5.69. The molecule has 1 aliphatic carbocycles. The van der Waals surface area contributed by atoms with Crippen LogP contribution >= 0.6 is 0 Å². The summed E-state index contributed by atoms with van der Waals surface area (Å²) in [5, 5.41) is 6.31. The first-order valence-corrected chi connectivity index (χ1v) is 9.69. The Morgan fingerprint density at radius 2 is 1.81 bits per heavy atom. The molecule has 0 amide bonds. The third-order valence-electron chi connectivity index (χ3n) is 5.57. The van der Waals surface area contributed by atoms with Gasteiger partial charge in [-0.05, 0) is 43.2 Å². The van der Waals surface area contributed by atoms with E-state index in [1.165, 1.54) is 32.1 Å². The molecule has 27 heavy (non-hydrogen) atoms. The van der Waals surface area contributed by atoms with E-state index in [1.807, 2.05) is 42.5 Å². The molecule has 4 aromatic rings. The summed E-state index contributed by atoms with van der Waals surface area (Å²) in [4.78, 5) is 15.2. The summed E-state index contributed by atoms with van der Waals surface area (Å²) in [5.74, 6) is 0.771. The topological polar surface area (TPSA) is 58.0 Å². The molecule has 0 saturated heterocycles. The quantitative estimate of drug-likeness (QED) is 0.495. The predicted molar refractivity (Wildman–Crippen MR) is 110 cm³/mol. The molecular weight excluding hydrogens is 336 g/mol. The number of H-pyrrole nitrogens is 1. The average molecular weight is 358 g/mol. The van der Waals surface area contributed by atoms with Gasteiger partial charge in [-0.15, -0.1) is 0 Å². The zero-order valence-corrected chi connectivity index (χ0v) is 15.1. The Kier molecular flexibility index (Phi) is 3.97. The molecule has 1 saturated carbocycles. The summed E-state index contributed by atoms with van der Waals surface area (Å²) in [6.45, 7) is 0. The van der Waals surface area contributed by atoms with Crippen LogP contribution in [-0.4, -0.2) is 11.0 Å². The second kappa shape index (κ2) is 6.62. The van der Waals surface area contributed by atoms with Crippen molar-refractivity contribution < 1.29 is 4.42 Å². The second-order valence-corrected chi connectivity index (χ2v) is 7.42. The number of nitrogens with one attached hydrogen (secondary N) is 2. The van der Waals surface area contributed by atoms with Crippen LogP contribution in [0.2, 0.25) is 0 Å². The van der Waals surface area contributed by atoms with Crippen molar-refractivity contribution in [3.05, 3.63) is 65.1 Å². The van der Waals surface area contributed by atoms with Gasteiger partial charge in [-0.2, -0.15) is 0 Å². The van der Waals surface area contributed by atoms with Crippen LogP contribution in [0.4, 0.5) is 5.69 Å². The lowest BCUT2D eigenvalue weighted by molar-refractivity contribution is 0.463. The summed E-state index contributed by atoms with van der Waals surface area (Å²) < 4.78 is 6.05. The number of rotatable bonds is 3. The van der Waals surface area contributed by atoms with Crippen LogP contribution in [0.1, 0.15) is 32.1 Å². The fraction of sp³-hybridized carbons (Fsp3) is 0.261. The maximum atomic E-state index is 12.3. The van der Waals surface area contributed by atoms with Gasteiger partial charge < -0.3 is 14.7 Å². The minimum Gasteiger partial charge on any atom is -0.456 e. The number of hydrogen-bond acceptors (Lipinski definition) is 3. The van der Waals surface area contributed by atoms with Crippen molar-refractivity contribution in [3.8, 4) is 11.3 Å². The van der Waals surface area contributed by atoms with Gasteiger partial charge in [0.05, 0.1) is 0 Å². The molecular formula is C23H22N2O2. The van der Waals surface area contributed by atoms with Gasteiger partial charge in [0.2, 0.25) is 0 Å². The number of fused-ring (bicyclic) bond motifs is 2. The van der Waals surface area contributed by atoms with Gasteiger partial charge in [0.15, 0.2) is 0 Å². The number of aromatic amines is 1. The molecule has 2 N–H and O–H groups in total. The Morgan fingerprint density at radius 3 is 2.67 bits per heavy atom. The van der Waals surface area contributed by atoms with E-state index in [0.29, 0.717) is 11.4 Å². The Labute approximate surface area is 157 Å². The van der Waals surface area contributed by atoms with Crippen molar-refractivity contribution >= 4 is 27.4 Å². The van der Waals surface area contributed by atoms with E-state index in [-0.39, 0.29) is 5.56 Å². The van der Waals surface area contributed by atoms with Crippen LogP contribution in [0.5, 0.6) is 0 Å². The first-order chi connectivity index (χ1) is 13.3. The number of para-hydroxylation sites is 1. The SMILES string of the molecule is O=c1[nH]cc(-c2cc3ccccc3o2)c2cc(NC3CCCCC3)ccc12. The molecule has 0 atom stereocenters. The summed E-state index contributed by atoms with van der Waals surface area (Å²) >= 11 is 0. The number of furan rings is 1. The lowest BCUT2D eigenvalue weighted by Crippen LogP contribution is -2.22. The zero-order chi connectivity index (χ0) is 18.2. The minimum absolute atomic E-state index is 0.0749. The van der Waals surface area contributed by atoms with Gasteiger partial charge in [0.25, 0.3) is 5.56 Å². The number of anilines is 1. The molecule has 0 bridgehead atoms. The maximum Gasteiger partial charge on any atom is 0.255 e. The van der Waals surface area contributed by atoms with Gasteiger partial charge >= 0.3 is 0 Å². The summed E-state index contributed by atoms with van der Waals surface area (Å²) in [5.41, 5.74) is 2.75. The van der Waals surface area contributed by atoms with Crippen molar-refractivity contribution in [1.82, 2.24) is 4.98 Å². The number of hydrogen-bond donors (Lipinski definition) is 2. The number of aromatic nitrogens is 1. The Balaban J connectivity index is 1.61. The number of pyridine rings is 1. The van der Waals surface area contributed by atoms with Crippen molar-refractivity contribution in [3.63, 3.8) is 0 Å². The molecule has 1 aliphatic rings. The van der Waals surface area contributed by atoms with Crippen molar-refractivity contribution in [2.45, 2.75) is 38.1 Å². The first kappa shape index (κ1) is 16.2. The van der Waals surface area contributed by atoms with E-state index in [9.17, 15) is 4.79 Å². The van der Waals surface area contributed by atoms with Gasteiger partial charge in [0.1, 0.15) is 11.3 Å². The Bertz CT molecular complexity index is 1130. The smallest absolute Gasteiger partial charge is 0.255 e. The number of benzene rings is 2. The molecule has 4 nitrogen and oxygen atoms in total. The van der Waals surface area contributed by atoms with E-state index < -0.39 is 0 Å². The van der Waals surface area contributed by atoms with Gasteiger partial charge in [-0.3, -0.25) is 4.79 Å². The Hall–Kier alpha value is -3.01. The molecule has 1 fully saturated rings. The summed E-state index contributed by atoms with van der Waals surface area (Å²) in [6.07, 6.45) is 8.09. The normalized spacial score (nSPS) is 15.4. The monoisotopic (exact) mass is 358 g/mol. The van der Waals surface area contributed by atoms with Crippen LogP contribution in [0, 0.1) is 0 Å². The molecule has 0 aliphatic heterocycles. The van der Waals surface area contributed by atoms with Gasteiger partial charge in [0, 0.05) is 39.6 Å². The molecule has 2 aromatic heterocycles. The fourth-order valence-corrected chi connectivity index (χ4v) is 4.15. The third-order valence-corrected chi connectivity index (χ3v) is 5.57. The van der Waals surface area contributed by atoms with Crippen molar-refractivity contribution in [2.75, 3.05) is 5.32 Å². The molecule has 136 valence electrons. The van der Waals surface area contributed by atoms with Crippen LogP contribution in [0.25, 0.3) is 33.1 Å². The van der Waals surface area contributed by atoms with E-state index in [0.717, 1.165) is 33.4 Å². The highest BCUT2D eigenvalue weighted by atomic mass is 16.3. The highest BCUT2D eigenvalue weighted by Gasteiger charge is 2.15. The van der Waals surface area contributed by atoms with Gasteiger partial charge in [-0.25, -0.2) is 0 Å². The highest BCUT2D eigenvalue weighted by Crippen LogP contribution is 2.33. The highest BCUT2D eigenvalue weighted by molar-refractivity contribution is 5.98. The summed E-state index contributed by atoms with van der Waals surface area (Å²) in [7, 11) is 0. The van der Waals surface area contributed by atoms with E-state index in [2.05, 4.69) is 16.4 Å². The minimum atomic E-state index is -0.0749. The second-order valence-electron chi connectivity index (χ2n) is 7.42. The third kappa shape index (κ3) is 3.01. The van der Waals surface area contributed by atoms with Gasteiger partial charge in [-0.1, -0.05) is 37.5 Å². The molecule has 2 heterocycles. The Morgan fingerprint density at radius 1 is 0.963 bits per heavy atom. The lowest BCUT2D eigenvalue weighted by atomic mass is 9.95. The van der Waals surface area contributed by atoms with Crippen molar-refractivity contribution in [2.24, 2.45) is 0 Å². The van der Waals surface area contributed by atoms with Crippen LogP contribution in [-0.2, 0) is 0 Å². The zero-order valence-electron chi connectivity index (χ0n) is 15.1. The average Bonchev–Trinajstić information content (AvgIpc) is 3.13. The standard InChI is InChI=1S/C23H22N2O2/c26-23-18-11-10-17(25-16-7-2-1-3-8-16)13-19(18)20(14-24-23)22-12-15-6-4-5-9-21(15)27-22/h4-6,9-14,16,25H,1-3,7-8H2,(H,24,26). The van der Waals surface area contributed by atoms with Crippen LogP contribution in [0.3, 0.4) is 0 Å². The van der Waals surface area contributed by atoms with E-state index in [4.69, 9.17) is 4.42 Å². The molecule has 5 rings (SSSR count). The molecule has 4 heteroatoms. The first-order valence-electron chi connectivity index (χ1n) is 9.69. The largest absolute Gasteiger partial charge is 0.456 e.